The quantitative estimate of drug-likeness (QED) is 0.121. The maximum Gasteiger partial charge on any atom is 0.180 e. The fraction of sp³-hybridized carbons (Fsp3) is 0. The minimum Gasteiger partial charge on any atom is -0.452 e. The van der Waals surface area contributed by atoms with Crippen molar-refractivity contribution in [3.8, 4) is 123 Å². The highest BCUT2D eigenvalue weighted by Crippen LogP contribution is 2.45. The second-order valence-electron chi connectivity index (χ2n) is 28.4. The van der Waals surface area contributed by atoms with Crippen LogP contribution in [0.2, 0.25) is 0 Å². The van der Waals surface area contributed by atoms with Crippen LogP contribution in [0.25, 0.3) is 211 Å². The van der Waals surface area contributed by atoms with E-state index < -0.39 is 0 Å². The van der Waals surface area contributed by atoms with E-state index in [4.69, 9.17) is 28.8 Å². The summed E-state index contributed by atoms with van der Waals surface area (Å²) in [6, 6.07) is 141. The van der Waals surface area contributed by atoms with Crippen molar-refractivity contribution in [2.24, 2.45) is 0 Å². The van der Waals surface area contributed by atoms with Crippen LogP contribution in [0.5, 0.6) is 0 Å². The Hall–Kier alpha value is -15.1. The van der Waals surface area contributed by atoms with Crippen LogP contribution in [-0.2, 0) is 0 Å². The molecule has 22 aromatic rings. The topological polar surface area (TPSA) is 87.7 Å². The molecule has 0 radical (unpaired) electrons. The van der Waals surface area contributed by atoms with Gasteiger partial charge in [0.2, 0.25) is 0 Å². The van der Waals surface area contributed by atoms with Crippen molar-refractivity contribution in [3.05, 3.63) is 400 Å². The van der Waals surface area contributed by atoms with E-state index in [9.17, 15) is 0 Å². The third-order valence-electron chi connectivity index (χ3n) is 21.6. The number of rotatable bonds is 12. The van der Waals surface area contributed by atoms with Gasteiger partial charge in [-0.1, -0.05) is 309 Å². The first-order chi connectivity index (χ1) is 55.5. The summed E-state index contributed by atoms with van der Waals surface area (Å²) in [4.78, 5) is 20.7. The van der Waals surface area contributed by atoms with Crippen LogP contribution in [0.3, 0.4) is 0 Å². The summed E-state index contributed by atoms with van der Waals surface area (Å²) in [5, 5.41) is 6.87. The first-order valence-corrected chi connectivity index (χ1v) is 37.8. The van der Waals surface area contributed by atoms with Crippen molar-refractivity contribution in [1.29, 1.82) is 0 Å². The Kier molecular flexibility index (Phi) is 16.1. The van der Waals surface area contributed by atoms with Crippen LogP contribution >= 0.6 is 0 Å². The highest BCUT2D eigenvalue weighted by Gasteiger charge is 2.24. The molecule has 16 aromatic carbocycles. The molecule has 0 saturated heterocycles. The van der Waals surface area contributed by atoms with E-state index in [0.29, 0.717) is 22.8 Å². The van der Waals surface area contributed by atoms with Crippen LogP contribution in [0, 0.1) is 0 Å². The molecule has 0 atom stereocenters. The predicted octanol–water partition coefficient (Wildman–Crippen LogP) is 27.6. The number of aromatic nitrogens is 6. The SMILES string of the molecule is c1ccc(-c2cccc(-c3nc(-c4ccccc4)nc4c3oc3ccc(-c5cccc(-c6ccc7c8ccccc8n(-c8ccccc8)c7c6)c5)cc34)c2)cc1.c1ccc(-c2cccc(-c3nc(-c4ccccc4)nc4c3oc3ccc(-c5cccc(-c6cccc7c8ccccc8n(-c8ccccc8)c67)c5)cc34)c2)cc1. The van der Waals surface area contributed by atoms with Gasteiger partial charge in [-0.05, 0) is 152 Å². The molecule has 0 fully saturated rings. The summed E-state index contributed by atoms with van der Waals surface area (Å²) in [6.07, 6.45) is 0. The van der Waals surface area contributed by atoms with Crippen molar-refractivity contribution in [2.75, 3.05) is 0 Å². The number of hydrogen-bond acceptors (Lipinski definition) is 6. The minimum absolute atomic E-state index is 0.662. The maximum absolute atomic E-state index is 6.66. The average molecular weight is 1430 g/mol. The summed E-state index contributed by atoms with van der Waals surface area (Å²) >= 11 is 0. The molecule has 22 rings (SSSR count). The van der Waals surface area contributed by atoms with Gasteiger partial charge in [0.15, 0.2) is 22.8 Å². The number of para-hydroxylation sites is 5. The van der Waals surface area contributed by atoms with Gasteiger partial charge in [-0.2, -0.15) is 0 Å². The smallest absolute Gasteiger partial charge is 0.180 e. The standard InChI is InChI=1S/2C52H33N3O/c1-4-15-34(16-5-1)36-19-13-22-40(32-36)48-51-49(54-52(53-48)35-17-6-2-7-18-35)45-33-38(29-30-47(45)56-51)37-20-12-21-39(31-37)42-26-14-27-44-43-25-10-11-28-46(43)55(50(42)44)41-23-8-3-9-24-41;1-4-14-34(15-5-1)36-18-13-21-41(31-36)49-51-50(54-52(53-49)35-16-6-2-7-17-35)45-32-39(27-29-48(45)56-51)37-19-12-20-38(30-37)40-26-28-44-43-24-10-11-25-46(43)55(47(44)33-40)42-22-8-3-9-23-42/h2*1-33H. The average Bonchev–Trinajstić information content (AvgIpc) is 1.58. The number of hydrogen-bond donors (Lipinski definition) is 0. The fourth-order valence-electron chi connectivity index (χ4n) is 16.3. The Labute approximate surface area is 645 Å². The van der Waals surface area contributed by atoms with Crippen LogP contribution < -0.4 is 0 Å². The Balaban J connectivity index is 0.000000141. The first kappa shape index (κ1) is 65.2. The molecule has 6 aromatic heterocycles. The Morgan fingerprint density at radius 2 is 0.527 bits per heavy atom. The lowest BCUT2D eigenvalue weighted by molar-refractivity contribution is 0.667. The number of furan rings is 2. The van der Waals surface area contributed by atoms with Gasteiger partial charge < -0.3 is 18.0 Å². The van der Waals surface area contributed by atoms with Gasteiger partial charge in [-0.3, -0.25) is 0 Å². The molecule has 0 aliphatic heterocycles. The van der Waals surface area contributed by atoms with E-state index in [0.717, 1.165) is 139 Å². The molecule has 0 bridgehead atoms. The first-order valence-electron chi connectivity index (χ1n) is 37.8. The Morgan fingerprint density at radius 3 is 1.03 bits per heavy atom. The van der Waals surface area contributed by atoms with Crippen LogP contribution in [0.1, 0.15) is 0 Å². The van der Waals surface area contributed by atoms with Gasteiger partial charge in [0, 0.05) is 71.5 Å². The van der Waals surface area contributed by atoms with Gasteiger partial charge in [-0.15, -0.1) is 0 Å². The predicted molar refractivity (Wildman–Crippen MR) is 462 cm³/mol. The molecular weight excluding hydrogens is 1370 g/mol. The summed E-state index contributed by atoms with van der Waals surface area (Å²) in [5.41, 5.74) is 30.6. The molecule has 112 heavy (non-hydrogen) atoms. The van der Waals surface area contributed by atoms with Crippen LogP contribution in [0.4, 0.5) is 0 Å². The van der Waals surface area contributed by atoms with E-state index in [1.807, 2.05) is 48.5 Å². The number of nitrogens with zero attached hydrogens (tertiary/aromatic N) is 6. The summed E-state index contributed by atoms with van der Waals surface area (Å²) in [7, 11) is 0. The summed E-state index contributed by atoms with van der Waals surface area (Å²) in [6.45, 7) is 0. The van der Waals surface area contributed by atoms with Gasteiger partial charge in [0.25, 0.3) is 0 Å². The lowest BCUT2D eigenvalue weighted by atomic mass is 9.96. The monoisotopic (exact) mass is 1430 g/mol. The molecule has 0 amide bonds. The molecule has 0 aliphatic carbocycles. The van der Waals surface area contributed by atoms with Crippen molar-refractivity contribution in [2.45, 2.75) is 0 Å². The zero-order valence-electron chi connectivity index (χ0n) is 60.6. The molecule has 8 nitrogen and oxygen atoms in total. The second kappa shape index (κ2) is 27.6. The van der Waals surface area contributed by atoms with E-state index >= 15 is 0 Å². The molecule has 8 heteroatoms. The zero-order chi connectivity index (χ0) is 74.0. The van der Waals surface area contributed by atoms with Gasteiger partial charge in [-0.25, -0.2) is 19.9 Å². The number of fused-ring (bicyclic) bond motifs is 12. The minimum atomic E-state index is 0.662. The van der Waals surface area contributed by atoms with Crippen LogP contribution in [-0.4, -0.2) is 29.1 Å². The normalized spacial score (nSPS) is 11.6. The van der Waals surface area contributed by atoms with Crippen molar-refractivity contribution in [3.63, 3.8) is 0 Å². The molecule has 0 spiro atoms. The third kappa shape index (κ3) is 11.7. The number of benzene rings is 16. The molecule has 0 saturated carbocycles. The second-order valence-corrected chi connectivity index (χ2v) is 28.4. The van der Waals surface area contributed by atoms with Crippen LogP contribution in [0.15, 0.2) is 409 Å². The van der Waals surface area contributed by atoms with E-state index in [-0.39, 0.29) is 0 Å². The van der Waals surface area contributed by atoms with Gasteiger partial charge in [0.1, 0.15) is 33.6 Å². The van der Waals surface area contributed by atoms with Gasteiger partial charge in [0.05, 0.1) is 22.1 Å². The van der Waals surface area contributed by atoms with Crippen molar-refractivity contribution in [1.82, 2.24) is 29.1 Å². The lowest BCUT2D eigenvalue weighted by Gasteiger charge is -2.12. The fourth-order valence-corrected chi connectivity index (χ4v) is 16.3. The summed E-state index contributed by atoms with van der Waals surface area (Å²) in [5.74, 6) is 1.33. The van der Waals surface area contributed by atoms with Crippen molar-refractivity contribution < 1.29 is 8.83 Å². The molecule has 0 aliphatic rings. The van der Waals surface area contributed by atoms with E-state index in [2.05, 4.69) is 361 Å². The molecule has 0 unspecified atom stereocenters. The molecular formula is C104H66N6O2. The summed E-state index contributed by atoms with van der Waals surface area (Å²) < 4.78 is 18.1. The highest BCUT2D eigenvalue weighted by atomic mass is 16.3. The molecule has 6 heterocycles. The largest absolute Gasteiger partial charge is 0.452 e. The maximum atomic E-state index is 6.66. The third-order valence-corrected chi connectivity index (χ3v) is 21.6. The van der Waals surface area contributed by atoms with Crippen molar-refractivity contribution >= 4 is 87.7 Å². The van der Waals surface area contributed by atoms with E-state index in [1.54, 1.807) is 0 Å². The Bertz CT molecular complexity index is 7350. The molecule has 524 valence electrons. The molecule has 0 N–H and O–H groups in total. The zero-order valence-corrected chi connectivity index (χ0v) is 60.6. The van der Waals surface area contributed by atoms with E-state index in [1.165, 1.54) is 49.2 Å². The van der Waals surface area contributed by atoms with Gasteiger partial charge >= 0.3 is 0 Å². The lowest BCUT2D eigenvalue weighted by Crippen LogP contribution is -1.95. The highest BCUT2D eigenvalue weighted by molar-refractivity contribution is 6.15. The Morgan fingerprint density at radius 1 is 0.196 bits per heavy atom.